The van der Waals surface area contributed by atoms with Gasteiger partial charge in [0.15, 0.2) is 0 Å². The fourth-order valence-corrected chi connectivity index (χ4v) is 4.55. The van der Waals surface area contributed by atoms with E-state index in [9.17, 15) is 0 Å². The van der Waals surface area contributed by atoms with Gasteiger partial charge in [0, 0.05) is 57.9 Å². The number of H-pyrrole nitrogens is 2. The van der Waals surface area contributed by atoms with Crippen LogP contribution in [0.4, 0.5) is 5.69 Å². The van der Waals surface area contributed by atoms with Crippen LogP contribution in [0.3, 0.4) is 0 Å². The maximum absolute atomic E-state index is 4.65. The normalized spacial score (nSPS) is 11.2. The van der Waals surface area contributed by atoms with Gasteiger partial charge in [-0.05, 0) is 54.4 Å². The predicted octanol–water partition coefficient (Wildman–Crippen LogP) is 6.96. The van der Waals surface area contributed by atoms with Crippen molar-refractivity contribution in [2.75, 3.05) is 5.32 Å². The van der Waals surface area contributed by atoms with Gasteiger partial charge >= 0.3 is 0 Å². The van der Waals surface area contributed by atoms with Crippen molar-refractivity contribution in [2.45, 2.75) is 19.8 Å². The molecule has 0 aliphatic carbocycles. The molecule has 0 saturated carbocycles. The van der Waals surface area contributed by atoms with Gasteiger partial charge in [0.05, 0.1) is 28.8 Å². The average molecular weight is 472 g/mol. The molecule has 0 fully saturated rings. The molecule has 3 N–H and O–H groups in total. The molecule has 176 valence electrons. The number of pyridine rings is 3. The Morgan fingerprint density at radius 3 is 2.61 bits per heavy atom. The molecule has 7 heteroatoms. The zero-order valence-corrected chi connectivity index (χ0v) is 19.9. The van der Waals surface area contributed by atoms with Crippen LogP contribution in [0, 0.1) is 0 Å². The molecule has 0 unspecified atom stereocenters. The second-order valence-electron chi connectivity index (χ2n) is 8.82. The first kappa shape index (κ1) is 21.7. The highest BCUT2D eigenvalue weighted by molar-refractivity contribution is 6.00. The molecule has 0 amide bonds. The Hall–Kier alpha value is -4.78. The summed E-state index contributed by atoms with van der Waals surface area (Å²) in [6.07, 6.45) is 11.1. The van der Waals surface area contributed by atoms with Crippen LogP contribution in [0.25, 0.3) is 55.6 Å². The number of rotatable bonds is 7. The van der Waals surface area contributed by atoms with Crippen LogP contribution < -0.4 is 5.32 Å². The highest BCUT2D eigenvalue weighted by Gasteiger charge is 2.15. The number of aromatic amines is 2. The first-order valence-electron chi connectivity index (χ1n) is 12.0. The number of aromatic nitrogens is 6. The van der Waals surface area contributed by atoms with Crippen LogP contribution in [-0.2, 0) is 0 Å². The van der Waals surface area contributed by atoms with Gasteiger partial charge in [-0.2, -0.15) is 5.10 Å². The van der Waals surface area contributed by atoms with E-state index in [0.717, 1.165) is 79.8 Å². The molecule has 0 radical (unpaired) electrons. The number of hydrogen-bond donors (Lipinski definition) is 3. The van der Waals surface area contributed by atoms with Crippen LogP contribution in [0.5, 0.6) is 0 Å². The van der Waals surface area contributed by atoms with Crippen molar-refractivity contribution < 1.29 is 0 Å². The van der Waals surface area contributed by atoms with E-state index in [-0.39, 0.29) is 0 Å². The lowest BCUT2D eigenvalue weighted by Gasteiger charge is -2.10. The number of fused-ring (bicyclic) bond motifs is 2. The molecule has 36 heavy (non-hydrogen) atoms. The molecule has 0 bridgehead atoms. The van der Waals surface area contributed by atoms with Gasteiger partial charge in [0.1, 0.15) is 5.69 Å². The smallest absolute Gasteiger partial charge is 0.116 e. The third kappa shape index (κ3) is 4.01. The summed E-state index contributed by atoms with van der Waals surface area (Å²) in [7, 11) is 0. The minimum Gasteiger partial charge on any atom is -0.358 e. The molecule has 5 heterocycles. The summed E-state index contributed by atoms with van der Waals surface area (Å²) in [6, 6.07) is 16.4. The summed E-state index contributed by atoms with van der Waals surface area (Å²) in [4.78, 5) is 16.8. The minimum atomic E-state index is 0.860. The minimum absolute atomic E-state index is 0.860. The molecule has 6 aromatic rings. The standard InChI is InChI=1S/C29H25N7/c1-3-5-18(2)33-22-12-21(16-31-17-22)19-7-8-26-23(13-19)29(36-35-26)27-14-24-25(34-27)9-11-32-28(24)20-6-4-10-30-15-20/h4,6-17,33-34H,2-3,5H2,1H3,(H,35,36). The molecule has 1 aromatic carbocycles. The molecule has 0 atom stereocenters. The Labute approximate surface area is 208 Å². The average Bonchev–Trinajstić information content (AvgIpc) is 3.53. The zero-order valence-electron chi connectivity index (χ0n) is 19.9. The third-order valence-corrected chi connectivity index (χ3v) is 6.25. The molecule has 0 aliphatic rings. The lowest BCUT2D eigenvalue weighted by atomic mass is 10.0. The lowest BCUT2D eigenvalue weighted by Crippen LogP contribution is -1.98. The number of benzene rings is 1. The van der Waals surface area contributed by atoms with Gasteiger partial charge in [-0.15, -0.1) is 0 Å². The van der Waals surface area contributed by atoms with E-state index >= 15 is 0 Å². The van der Waals surface area contributed by atoms with E-state index in [2.05, 4.69) is 79.3 Å². The molecular weight excluding hydrogens is 446 g/mol. The van der Waals surface area contributed by atoms with Crippen LogP contribution >= 0.6 is 0 Å². The van der Waals surface area contributed by atoms with E-state index < -0.39 is 0 Å². The van der Waals surface area contributed by atoms with Crippen molar-refractivity contribution in [3.05, 3.63) is 91.8 Å². The fourth-order valence-electron chi connectivity index (χ4n) is 4.55. The van der Waals surface area contributed by atoms with Crippen LogP contribution in [-0.4, -0.2) is 30.1 Å². The van der Waals surface area contributed by atoms with Crippen LogP contribution in [0.2, 0.25) is 0 Å². The number of allylic oxidation sites excluding steroid dienone is 1. The molecular formula is C29H25N7. The largest absolute Gasteiger partial charge is 0.358 e. The van der Waals surface area contributed by atoms with Crippen molar-refractivity contribution in [3.8, 4) is 33.8 Å². The molecule has 5 aromatic heterocycles. The SMILES string of the molecule is C=C(CCC)Nc1cncc(-c2ccc3[nH]nc(-c4cc5c(-c6cccnc6)nccc5[nH]4)c3c2)c1. The maximum Gasteiger partial charge on any atom is 0.116 e. The number of nitrogens with one attached hydrogen (secondary N) is 3. The third-order valence-electron chi connectivity index (χ3n) is 6.25. The summed E-state index contributed by atoms with van der Waals surface area (Å²) in [5.74, 6) is 0. The molecule has 0 saturated heterocycles. The number of anilines is 1. The quantitative estimate of drug-likeness (QED) is 0.234. The Bertz CT molecular complexity index is 1700. The second kappa shape index (κ2) is 9.11. The van der Waals surface area contributed by atoms with Gasteiger partial charge in [-0.25, -0.2) is 0 Å². The number of hydrogen-bond acceptors (Lipinski definition) is 5. The van der Waals surface area contributed by atoms with E-state index in [0.29, 0.717) is 0 Å². The second-order valence-corrected chi connectivity index (χ2v) is 8.82. The highest BCUT2D eigenvalue weighted by atomic mass is 15.1. The van der Waals surface area contributed by atoms with Crippen LogP contribution in [0.1, 0.15) is 19.8 Å². The van der Waals surface area contributed by atoms with E-state index in [4.69, 9.17) is 0 Å². The van der Waals surface area contributed by atoms with Gasteiger partial charge in [-0.1, -0.05) is 26.0 Å². The predicted molar refractivity (Wildman–Crippen MR) is 145 cm³/mol. The fraction of sp³-hybridized carbons (Fsp3) is 0.103. The Kier molecular flexibility index (Phi) is 5.50. The van der Waals surface area contributed by atoms with E-state index in [1.165, 1.54) is 0 Å². The van der Waals surface area contributed by atoms with Crippen molar-refractivity contribution in [2.24, 2.45) is 0 Å². The molecule has 6 rings (SSSR count). The Morgan fingerprint density at radius 2 is 1.75 bits per heavy atom. The Balaban J connectivity index is 1.40. The number of nitrogens with zero attached hydrogens (tertiary/aromatic N) is 4. The summed E-state index contributed by atoms with van der Waals surface area (Å²) in [6.45, 7) is 6.24. The summed E-state index contributed by atoms with van der Waals surface area (Å²) in [5.41, 5.74) is 9.64. The van der Waals surface area contributed by atoms with Crippen molar-refractivity contribution in [3.63, 3.8) is 0 Å². The van der Waals surface area contributed by atoms with Crippen LogP contribution in [0.15, 0.2) is 91.8 Å². The van der Waals surface area contributed by atoms with Crippen molar-refractivity contribution in [1.29, 1.82) is 0 Å². The van der Waals surface area contributed by atoms with E-state index in [1.807, 2.05) is 43.0 Å². The van der Waals surface area contributed by atoms with E-state index in [1.54, 1.807) is 6.20 Å². The van der Waals surface area contributed by atoms with Crippen molar-refractivity contribution >= 4 is 27.5 Å². The maximum atomic E-state index is 4.65. The van der Waals surface area contributed by atoms with Gasteiger partial charge in [0.2, 0.25) is 0 Å². The zero-order chi connectivity index (χ0) is 24.5. The molecule has 0 spiro atoms. The monoisotopic (exact) mass is 471 g/mol. The topological polar surface area (TPSA) is 95.2 Å². The Morgan fingerprint density at radius 1 is 0.861 bits per heavy atom. The van der Waals surface area contributed by atoms with Gasteiger partial charge in [0.25, 0.3) is 0 Å². The lowest BCUT2D eigenvalue weighted by molar-refractivity contribution is 0.913. The summed E-state index contributed by atoms with van der Waals surface area (Å²) >= 11 is 0. The first-order valence-corrected chi connectivity index (χ1v) is 12.0. The summed E-state index contributed by atoms with van der Waals surface area (Å²) in [5, 5.41) is 13.2. The highest BCUT2D eigenvalue weighted by Crippen LogP contribution is 2.34. The van der Waals surface area contributed by atoms with Crippen molar-refractivity contribution in [1.82, 2.24) is 30.1 Å². The van der Waals surface area contributed by atoms with Gasteiger partial charge < -0.3 is 10.3 Å². The molecule has 0 aliphatic heterocycles. The molecule has 7 nitrogen and oxygen atoms in total. The van der Waals surface area contributed by atoms with Gasteiger partial charge in [-0.3, -0.25) is 20.1 Å². The first-order chi connectivity index (χ1) is 17.7. The summed E-state index contributed by atoms with van der Waals surface area (Å²) < 4.78 is 0.